The SMILES string of the molecule is CCCCC/C=C\C/C=C\CCCCCCCCCCCC(=O)OCCCCCCCCCCCCCC/C=C\CCCCCCCCCCCCCCCCC(=O)NC(COC1OC(CO)C(O)C(O)C1O)C(O)/C=C/CCCCCCCCC. The molecule has 11 nitrogen and oxygen atoms in total. The number of hydrogen-bond donors (Lipinski definition) is 6. The van der Waals surface area contributed by atoms with Crippen LogP contribution < -0.4 is 5.32 Å². The standard InChI is InChI=1S/C75H139NO10/c1-3-5-7-9-11-13-14-15-16-17-30-34-37-40-43-47-51-55-59-63-71(80)84-64-60-56-52-48-44-41-38-35-32-29-27-25-23-21-19-18-20-22-24-26-28-31-33-36-39-42-46-50-54-58-62-70(79)76-67(68(78)61-57-53-49-45-12-10-8-6-4-2)66-85-75-74(83)73(82)72(81)69(65-77)86-75/h11,13,15-16,19,21,57,61,67-69,72-75,77-78,81-83H,3-10,12,14,17-18,20,22-56,58-60,62-66H2,1-2H3,(H,76,79)/b13-11-,16-15-,21-19-,61-57+. The number of nitrogens with one attached hydrogen (secondary N) is 1. The zero-order valence-electron chi connectivity index (χ0n) is 56.0. The minimum Gasteiger partial charge on any atom is -0.466 e. The third-order valence-electron chi connectivity index (χ3n) is 17.4. The molecule has 1 amide bonds. The first-order valence-corrected chi connectivity index (χ1v) is 36.9. The fourth-order valence-corrected chi connectivity index (χ4v) is 11.6. The molecule has 1 heterocycles. The first-order chi connectivity index (χ1) is 42.2. The Hall–Kier alpha value is -2.38. The molecule has 0 bridgehead atoms. The zero-order valence-corrected chi connectivity index (χ0v) is 56.0. The maximum Gasteiger partial charge on any atom is 0.305 e. The maximum atomic E-state index is 13.0. The molecule has 0 spiro atoms. The summed E-state index contributed by atoms with van der Waals surface area (Å²) in [5.41, 5.74) is 0. The largest absolute Gasteiger partial charge is 0.466 e. The molecule has 86 heavy (non-hydrogen) atoms. The molecule has 504 valence electrons. The number of aliphatic hydroxyl groups is 5. The lowest BCUT2D eigenvalue weighted by Gasteiger charge is -2.40. The van der Waals surface area contributed by atoms with Gasteiger partial charge < -0.3 is 45.1 Å². The third-order valence-corrected chi connectivity index (χ3v) is 17.4. The van der Waals surface area contributed by atoms with Crippen molar-refractivity contribution in [3.8, 4) is 0 Å². The number of allylic oxidation sites excluding steroid dienone is 7. The molecule has 7 atom stereocenters. The fraction of sp³-hybridized carbons (Fsp3) is 0.867. The van der Waals surface area contributed by atoms with Crippen molar-refractivity contribution in [1.82, 2.24) is 5.32 Å². The monoisotopic (exact) mass is 1210 g/mol. The molecule has 0 radical (unpaired) electrons. The van der Waals surface area contributed by atoms with Crippen LogP contribution in [0.15, 0.2) is 48.6 Å². The van der Waals surface area contributed by atoms with Gasteiger partial charge in [0.2, 0.25) is 5.91 Å². The molecular weight excluding hydrogens is 1070 g/mol. The highest BCUT2D eigenvalue weighted by atomic mass is 16.7. The van der Waals surface area contributed by atoms with E-state index in [4.69, 9.17) is 14.2 Å². The number of unbranched alkanes of at least 4 members (excludes halogenated alkanes) is 45. The van der Waals surface area contributed by atoms with Crippen molar-refractivity contribution >= 4 is 11.9 Å². The van der Waals surface area contributed by atoms with Gasteiger partial charge in [0.25, 0.3) is 0 Å². The third kappa shape index (κ3) is 52.4. The normalized spacial score (nSPS) is 18.2. The quantitative estimate of drug-likeness (QED) is 0.0195. The van der Waals surface area contributed by atoms with Crippen LogP contribution in [0.2, 0.25) is 0 Å². The van der Waals surface area contributed by atoms with Crippen molar-refractivity contribution in [2.75, 3.05) is 19.8 Å². The summed E-state index contributed by atoms with van der Waals surface area (Å²) in [6.07, 6.45) is 74.1. The van der Waals surface area contributed by atoms with Crippen molar-refractivity contribution in [1.29, 1.82) is 0 Å². The first kappa shape index (κ1) is 81.6. The van der Waals surface area contributed by atoms with Gasteiger partial charge in [0.1, 0.15) is 24.4 Å². The molecular formula is C75H139NO10. The van der Waals surface area contributed by atoms with Gasteiger partial charge in [0, 0.05) is 12.8 Å². The van der Waals surface area contributed by atoms with E-state index in [1.54, 1.807) is 6.08 Å². The summed E-state index contributed by atoms with van der Waals surface area (Å²) < 4.78 is 16.7. The second-order valence-corrected chi connectivity index (χ2v) is 25.6. The molecule has 1 rings (SSSR count). The van der Waals surface area contributed by atoms with Crippen LogP contribution in [0.1, 0.15) is 354 Å². The van der Waals surface area contributed by atoms with Gasteiger partial charge in [-0.15, -0.1) is 0 Å². The Labute approximate surface area is 529 Å². The van der Waals surface area contributed by atoms with Crippen molar-refractivity contribution < 1.29 is 49.3 Å². The number of esters is 1. The van der Waals surface area contributed by atoms with E-state index >= 15 is 0 Å². The molecule has 0 aromatic rings. The Morgan fingerprint density at radius 2 is 0.779 bits per heavy atom. The molecule has 0 aromatic heterocycles. The van der Waals surface area contributed by atoms with Gasteiger partial charge in [-0.1, -0.05) is 300 Å². The summed E-state index contributed by atoms with van der Waals surface area (Å²) in [5, 5.41) is 54.3. The number of hydrogen-bond acceptors (Lipinski definition) is 10. The molecule has 0 saturated carbocycles. The van der Waals surface area contributed by atoms with Gasteiger partial charge in [-0.3, -0.25) is 9.59 Å². The Bertz CT molecular complexity index is 1570. The molecule has 0 aliphatic carbocycles. The van der Waals surface area contributed by atoms with Crippen LogP contribution in [0.4, 0.5) is 0 Å². The van der Waals surface area contributed by atoms with Crippen LogP contribution in [0.3, 0.4) is 0 Å². The van der Waals surface area contributed by atoms with E-state index < -0.39 is 49.5 Å². The summed E-state index contributed by atoms with van der Waals surface area (Å²) in [5.74, 6) is -0.176. The van der Waals surface area contributed by atoms with E-state index in [9.17, 15) is 35.1 Å². The summed E-state index contributed by atoms with van der Waals surface area (Å²) in [6, 6.07) is -0.808. The van der Waals surface area contributed by atoms with E-state index in [0.717, 1.165) is 64.2 Å². The summed E-state index contributed by atoms with van der Waals surface area (Å²) in [7, 11) is 0. The van der Waals surface area contributed by atoms with Crippen molar-refractivity contribution in [3.05, 3.63) is 48.6 Å². The highest BCUT2D eigenvalue weighted by molar-refractivity contribution is 5.76. The lowest BCUT2D eigenvalue weighted by Crippen LogP contribution is -2.60. The van der Waals surface area contributed by atoms with Crippen molar-refractivity contribution in [2.24, 2.45) is 0 Å². The van der Waals surface area contributed by atoms with E-state index in [1.165, 1.54) is 263 Å². The Balaban J connectivity index is 1.89. The smallest absolute Gasteiger partial charge is 0.305 e. The van der Waals surface area contributed by atoms with Crippen molar-refractivity contribution in [3.63, 3.8) is 0 Å². The van der Waals surface area contributed by atoms with Gasteiger partial charge in [0.05, 0.1) is 32.0 Å². The predicted molar refractivity (Wildman–Crippen MR) is 361 cm³/mol. The lowest BCUT2D eigenvalue weighted by atomic mass is 9.99. The van der Waals surface area contributed by atoms with Crippen LogP contribution in [-0.2, 0) is 23.8 Å². The average molecular weight is 1210 g/mol. The van der Waals surface area contributed by atoms with Gasteiger partial charge in [0.15, 0.2) is 6.29 Å². The number of amides is 1. The molecule has 1 saturated heterocycles. The number of carbonyl (C=O) groups is 2. The average Bonchev–Trinajstić information content (AvgIpc) is 3.60. The Morgan fingerprint density at radius 1 is 0.430 bits per heavy atom. The highest BCUT2D eigenvalue weighted by Crippen LogP contribution is 2.23. The summed E-state index contributed by atoms with van der Waals surface area (Å²) in [6.45, 7) is 4.32. The summed E-state index contributed by atoms with van der Waals surface area (Å²) >= 11 is 0. The van der Waals surface area contributed by atoms with Crippen molar-refractivity contribution in [2.45, 2.75) is 397 Å². The molecule has 1 fully saturated rings. The Kier molecular flexibility index (Phi) is 60.9. The summed E-state index contributed by atoms with van der Waals surface area (Å²) in [4.78, 5) is 25.1. The van der Waals surface area contributed by atoms with Crippen LogP contribution in [0.25, 0.3) is 0 Å². The zero-order chi connectivity index (χ0) is 62.3. The molecule has 11 heteroatoms. The molecule has 6 N–H and O–H groups in total. The van der Waals surface area contributed by atoms with Gasteiger partial charge in [-0.25, -0.2) is 0 Å². The van der Waals surface area contributed by atoms with E-state index in [1.807, 2.05) is 6.08 Å². The number of ether oxygens (including phenoxy) is 3. The second-order valence-electron chi connectivity index (χ2n) is 25.6. The van der Waals surface area contributed by atoms with E-state index in [0.29, 0.717) is 19.4 Å². The van der Waals surface area contributed by atoms with Gasteiger partial charge >= 0.3 is 5.97 Å². The first-order valence-electron chi connectivity index (χ1n) is 36.9. The van der Waals surface area contributed by atoms with Gasteiger partial charge in [-0.05, 0) is 89.9 Å². The molecule has 0 aromatic carbocycles. The molecule has 1 aliphatic heterocycles. The van der Waals surface area contributed by atoms with Crippen LogP contribution in [0.5, 0.6) is 0 Å². The van der Waals surface area contributed by atoms with Crippen LogP contribution in [0, 0.1) is 0 Å². The minimum absolute atomic E-state index is 0.00515. The maximum absolute atomic E-state index is 13.0. The Morgan fingerprint density at radius 3 is 1.21 bits per heavy atom. The minimum atomic E-state index is -1.57. The topological polar surface area (TPSA) is 175 Å². The highest BCUT2D eigenvalue weighted by Gasteiger charge is 2.44. The van der Waals surface area contributed by atoms with Crippen LogP contribution >= 0.6 is 0 Å². The van der Waals surface area contributed by atoms with Gasteiger partial charge in [-0.2, -0.15) is 0 Å². The lowest BCUT2D eigenvalue weighted by molar-refractivity contribution is -0.302. The second kappa shape index (κ2) is 64.2. The van der Waals surface area contributed by atoms with E-state index in [-0.39, 0.29) is 18.5 Å². The number of aliphatic hydroxyl groups excluding tert-OH is 5. The van der Waals surface area contributed by atoms with E-state index in [2.05, 4.69) is 55.6 Å². The fourth-order valence-electron chi connectivity index (χ4n) is 11.6. The molecule has 1 aliphatic rings. The molecule has 7 unspecified atom stereocenters. The van der Waals surface area contributed by atoms with Crippen LogP contribution in [-0.4, -0.2) is 100 Å². The number of rotatable bonds is 65. The predicted octanol–water partition coefficient (Wildman–Crippen LogP) is 19.1. The number of carbonyl (C=O) groups excluding carboxylic acids is 2.